The number of benzene rings is 7. The number of hydrogen-bond donors (Lipinski definition) is 0. The second-order valence-electron chi connectivity index (χ2n) is 12.0. The standard InChI is InChI=1S/C45H29N3O/c1-3-10-30(11-4-1)32-18-24-35(25-19-32)43-46-44(36-26-20-33(21-27-36)31-12-5-2-6-13-31)48-45(47-43)37-28-22-34(23-29-37)38-15-9-17-41-42(38)39-14-7-8-16-40(39)49-41/h1-29H. The highest BCUT2D eigenvalue weighted by Gasteiger charge is 2.15. The highest BCUT2D eigenvalue weighted by atomic mass is 16.3. The molecule has 2 heterocycles. The Kier molecular flexibility index (Phi) is 7.10. The van der Waals surface area contributed by atoms with E-state index in [0.29, 0.717) is 17.5 Å². The van der Waals surface area contributed by atoms with Crippen LogP contribution in [0.1, 0.15) is 0 Å². The topological polar surface area (TPSA) is 51.8 Å². The third-order valence-electron chi connectivity index (χ3n) is 8.99. The van der Waals surface area contributed by atoms with Gasteiger partial charge in [-0.2, -0.15) is 0 Å². The minimum Gasteiger partial charge on any atom is -0.456 e. The first kappa shape index (κ1) is 28.6. The predicted octanol–water partition coefficient (Wildman–Crippen LogP) is 11.8. The monoisotopic (exact) mass is 627 g/mol. The SMILES string of the molecule is c1ccc(-c2ccc(-c3nc(-c4ccc(-c5ccccc5)cc4)nc(-c4ccc(-c5cccc6oc7ccccc7c56)cc4)n3)cc2)cc1. The van der Waals surface area contributed by atoms with Crippen LogP contribution in [0.5, 0.6) is 0 Å². The maximum atomic E-state index is 6.16. The number of rotatable bonds is 6. The van der Waals surface area contributed by atoms with Crippen LogP contribution >= 0.6 is 0 Å². The van der Waals surface area contributed by atoms with Crippen LogP contribution in [0.15, 0.2) is 180 Å². The van der Waals surface area contributed by atoms with Gasteiger partial charge in [-0.1, -0.05) is 164 Å². The van der Waals surface area contributed by atoms with Gasteiger partial charge in [0.05, 0.1) is 0 Å². The molecule has 49 heavy (non-hydrogen) atoms. The van der Waals surface area contributed by atoms with Gasteiger partial charge in [0.1, 0.15) is 11.2 Å². The normalized spacial score (nSPS) is 11.3. The number of furan rings is 1. The van der Waals surface area contributed by atoms with Crippen molar-refractivity contribution >= 4 is 21.9 Å². The Hall–Kier alpha value is -6.65. The van der Waals surface area contributed by atoms with Gasteiger partial charge in [0.15, 0.2) is 17.5 Å². The van der Waals surface area contributed by atoms with E-state index in [-0.39, 0.29) is 0 Å². The average molecular weight is 628 g/mol. The smallest absolute Gasteiger partial charge is 0.164 e. The summed E-state index contributed by atoms with van der Waals surface area (Å²) in [7, 11) is 0. The molecular formula is C45H29N3O. The van der Waals surface area contributed by atoms with Crippen LogP contribution in [-0.4, -0.2) is 15.0 Å². The molecule has 9 aromatic rings. The molecule has 7 aromatic carbocycles. The van der Waals surface area contributed by atoms with E-state index < -0.39 is 0 Å². The van der Waals surface area contributed by atoms with E-state index in [0.717, 1.165) is 60.9 Å². The largest absolute Gasteiger partial charge is 0.456 e. The van der Waals surface area contributed by atoms with Crippen LogP contribution in [0.25, 0.3) is 89.5 Å². The second-order valence-corrected chi connectivity index (χ2v) is 12.0. The lowest BCUT2D eigenvalue weighted by Gasteiger charge is -2.10. The molecule has 0 saturated heterocycles. The molecule has 0 bridgehead atoms. The zero-order valence-corrected chi connectivity index (χ0v) is 26.5. The lowest BCUT2D eigenvalue weighted by atomic mass is 9.98. The van der Waals surface area contributed by atoms with Crippen molar-refractivity contribution in [2.45, 2.75) is 0 Å². The maximum absolute atomic E-state index is 6.16. The first-order valence-corrected chi connectivity index (χ1v) is 16.4. The molecule has 0 aliphatic heterocycles. The summed E-state index contributed by atoms with van der Waals surface area (Å²) >= 11 is 0. The molecule has 9 rings (SSSR count). The molecule has 0 amide bonds. The van der Waals surface area contributed by atoms with Gasteiger partial charge in [0, 0.05) is 27.5 Å². The van der Waals surface area contributed by atoms with Crippen LogP contribution in [0.4, 0.5) is 0 Å². The average Bonchev–Trinajstić information content (AvgIpc) is 3.58. The van der Waals surface area contributed by atoms with Crippen LogP contribution in [0.2, 0.25) is 0 Å². The maximum Gasteiger partial charge on any atom is 0.164 e. The van der Waals surface area contributed by atoms with Crippen LogP contribution in [-0.2, 0) is 0 Å². The van der Waals surface area contributed by atoms with Crippen molar-refractivity contribution < 1.29 is 4.42 Å². The fraction of sp³-hybridized carbons (Fsp3) is 0. The van der Waals surface area contributed by atoms with Gasteiger partial charge in [-0.25, -0.2) is 15.0 Å². The molecule has 0 radical (unpaired) electrons. The van der Waals surface area contributed by atoms with Gasteiger partial charge >= 0.3 is 0 Å². The summed E-state index contributed by atoms with van der Waals surface area (Å²) in [5, 5.41) is 2.23. The van der Waals surface area contributed by atoms with E-state index in [2.05, 4.69) is 140 Å². The summed E-state index contributed by atoms with van der Waals surface area (Å²) in [5.41, 5.74) is 11.4. The highest BCUT2D eigenvalue weighted by Crippen LogP contribution is 2.37. The van der Waals surface area contributed by atoms with Crippen molar-refractivity contribution in [1.29, 1.82) is 0 Å². The zero-order valence-electron chi connectivity index (χ0n) is 26.5. The summed E-state index contributed by atoms with van der Waals surface area (Å²) in [4.78, 5) is 15.0. The minimum atomic E-state index is 0.623. The summed E-state index contributed by atoms with van der Waals surface area (Å²) in [5.74, 6) is 1.88. The number of aromatic nitrogens is 3. The van der Waals surface area contributed by atoms with E-state index >= 15 is 0 Å². The summed E-state index contributed by atoms with van der Waals surface area (Å²) in [6.07, 6.45) is 0. The minimum absolute atomic E-state index is 0.623. The fourth-order valence-electron chi connectivity index (χ4n) is 6.46. The van der Waals surface area contributed by atoms with Crippen molar-refractivity contribution in [2.24, 2.45) is 0 Å². The number of nitrogens with zero attached hydrogens (tertiary/aromatic N) is 3. The first-order chi connectivity index (χ1) is 24.3. The van der Waals surface area contributed by atoms with Crippen molar-refractivity contribution in [1.82, 2.24) is 15.0 Å². The molecule has 230 valence electrons. The Balaban J connectivity index is 1.12. The molecule has 0 atom stereocenters. The third-order valence-corrected chi connectivity index (χ3v) is 8.99. The van der Waals surface area contributed by atoms with Crippen LogP contribution < -0.4 is 0 Å². The molecule has 2 aromatic heterocycles. The molecule has 0 aliphatic rings. The fourth-order valence-corrected chi connectivity index (χ4v) is 6.46. The van der Waals surface area contributed by atoms with Crippen molar-refractivity contribution in [3.63, 3.8) is 0 Å². The van der Waals surface area contributed by atoms with Gasteiger partial charge in [0.25, 0.3) is 0 Å². The molecule has 0 fully saturated rings. The Morgan fingerprint density at radius 1 is 0.286 bits per heavy atom. The molecule has 4 nitrogen and oxygen atoms in total. The Morgan fingerprint density at radius 2 is 0.673 bits per heavy atom. The van der Waals surface area contributed by atoms with Gasteiger partial charge in [-0.15, -0.1) is 0 Å². The molecule has 4 heteroatoms. The number of para-hydroxylation sites is 1. The summed E-state index contributed by atoms with van der Waals surface area (Å²) in [6.45, 7) is 0. The summed E-state index contributed by atoms with van der Waals surface area (Å²) < 4.78 is 6.16. The highest BCUT2D eigenvalue weighted by molar-refractivity contribution is 6.12. The lowest BCUT2D eigenvalue weighted by Crippen LogP contribution is -2.00. The number of hydrogen-bond acceptors (Lipinski definition) is 4. The molecule has 0 spiro atoms. The van der Waals surface area contributed by atoms with Crippen LogP contribution in [0.3, 0.4) is 0 Å². The van der Waals surface area contributed by atoms with Crippen molar-refractivity contribution in [2.75, 3.05) is 0 Å². The van der Waals surface area contributed by atoms with Gasteiger partial charge in [0.2, 0.25) is 0 Å². The third kappa shape index (κ3) is 5.45. The van der Waals surface area contributed by atoms with Crippen LogP contribution in [0, 0.1) is 0 Å². The Bertz CT molecular complexity index is 2460. The quantitative estimate of drug-likeness (QED) is 0.184. The van der Waals surface area contributed by atoms with Crippen molar-refractivity contribution in [3.8, 4) is 67.5 Å². The zero-order chi connectivity index (χ0) is 32.6. The molecule has 0 saturated carbocycles. The van der Waals surface area contributed by atoms with Gasteiger partial charge < -0.3 is 4.42 Å². The molecule has 0 N–H and O–H groups in total. The molecule has 0 unspecified atom stereocenters. The van der Waals surface area contributed by atoms with E-state index in [9.17, 15) is 0 Å². The van der Waals surface area contributed by atoms with E-state index in [1.165, 1.54) is 11.1 Å². The molecular weight excluding hydrogens is 599 g/mol. The molecule has 0 aliphatic carbocycles. The van der Waals surface area contributed by atoms with Crippen molar-refractivity contribution in [3.05, 3.63) is 176 Å². The van der Waals surface area contributed by atoms with E-state index in [4.69, 9.17) is 19.4 Å². The van der Waals surface area contributed by atoms with E-state index in [1.54, 1.807) is 0 Å². The van der Waals surface area contributed by atoms with E-state index in [1.807, 2.05) is 36.4 Å². The Morgan fingerprint density at radius 3 is 1.18 bits per heavy atom. The predicted molar refractivity (Wildman–Crippen MR) is 200 cm³/mol. The lowest BCUT2D eigenvalue weighted by molar-refractivity contribution is 0.669. The summed E-state index contributed by atoms with van der Waals surface area (Å²) in [6, 6.07) is 60.5. The van der Waals surface area contributed by atoms with Gasteiger partial charge in [-0.3, -0.25) is 0 Å². The first-order valence-electron chi connectivity index (χ1n) is 16.4. The number of fused-ring (bicyclic) bond motifs is 3. The second kappa shape index (κ2) is 12.2. The van der Waals surface area contributed by atoms with Gasteiger partial charge in [-0.05, 0) is 45.5 Å². The Labute approximate surface area is 284 Å².